The summed E-state index contributed by atoms with van der Waals surface area (Å²) in [5, 5.41) is 7.39. The molecule has 1 aromatic rings. The Bertz CT molecular complexity index is 603. The summed E-state index contributed by atoms with van der Waals surface area (Å²) in [6.45, 7) is 3.76. The van der Waals surface area contributed by atoms with Gasteiger partial charge in [-0.05, 0) is 42.7 Å². The van der Waals surface area contributed by atoms with E-state index in [1.165, 1.54) is 24.8 Å². The van der Waals surface area contributed by atoms with Gasteiger partial charge in [0, 0.05) is 17.1 Å². The van der Waals surface area contributed by atoms with Crippen molar-refractivity contribution < 1.29 is 4.79 Å². The third kappa shape index (κ3) is 2.80. The first kappa shape index (κ1) is 15.6. The van der Waals surface area contributed by atoms with Crippen molar-refractivity contribution in [2.24, 2.45) is 0 Å². The number of likely N-dealkylation sites (N-methyl/N-ethyl adjacent to an activating group) is 1. The highest BCUT2D eigenvalue weighted by Crippen LogP contribution is 2.42. The molecule has 0 unspecified atom stereocenters. The molecular weight excluding hydrogens is 296 g/mol. The van der Waals surface area contributed by atoms with Crippen LogP contribution in [0.1, 0.15) is 44.6 Å². The molecule has 3 nitrogen and oxygen atoms in total. The standard InChI is InChI=1S/C18H23ClN2O/c1-2-20-12-15-16(13-7-6-8-14(19)11-13)17(22)21-18(15)9-4-3-5-10-18/h6-8,11,20H,2-5,9-10,12H2,1H3,(H,21,22). The van der Waals surface area contributed by atoms with Crippen molar-refractivity contribution in [2.75, 3.05) is 13.1 Å². The van der Waals surface area contributed by atoms with Crippen LogP contribution in [0.25, 0.3) is 5.57 Å². The maximum atomic E-state index is 12.7. The minimum absolute atomic E-state index is 0.0528. The molecule has 2 N–H and O–H groups in total. The van der Waals surface area contributed by atoms with Crippen molar-refractivity contribution in [3.8, 4) is 0 Å². The molecule has 0 radical (unpaired) electrons. The molecule has 0 saturated heterocycles. The van der Waals surface area contributed by atoms with E-state index in [0.717, 1.165) is 37.1 Å². The van der Waals surface area contributed by atoms with Crippen LogP contribution in [0, 0.1) is 0 Å². The molecule has 3 rings (SSSR count). The number of hydrogen-bond acceptors (Lipinski definition) is 2. The molecule has 2 aliphatic rings. The summed E-state index contributed by atoms with van der Waals surface area (Å²) >= 11 is 6.13. The molecule has 22 heavy (non-hydrogen) atoms. The van der Waals surface area contributed by atoms with E-state index < -0.39 is 0 Å². The third-order valence-electron chi connectivity index (χ3n) is 4.83. The number of amides is 1. The second-order valence-electron chi connectivity index (χ2n) is 6.24. The quantitative estimate of drug-likeness (QED) is 0.891. The van der Waals surface area contributed by atoms with Crippen LogP contribution in [0.3, 0.4) is 0 Å². The molecule has 0 bridgehead atoms. The molecule has 1 spiro atoms. The topological polar surface area (TPSA) is 41.1 Å². The molecular formula is C18H23ClN2O. The minimum Gasteiger partial charge on any atom is -0.343 e. The average Bonchev–Trinajstić information content (AvgIpc) is 2.77. The molecule has 1 saturated carbocycles. The fraction of sp³-hybridized carbons (Fsp3) is 0.500. The van der Waals surface area contributed by atoms with Crippen LogP contribution >= 0.6 is 11.6 Å². The highest BCUT2D eigenvalue weighted by molar-refractivity contribution is 6.31. The second-order valence-corrected chi connectivity index (χ2v) is 6.68. The Hall–Kier alpha value is -1.32. The van der Waals surface area contributed by atoms with Crippen LogP contribution in [-0.4, -0.2) is 24.5 Å². The molecule has 118 valence electrons. The van der Waals surface area contributed by atoms with E-state index in [1.807, 2.05) is 24.3 Å². The van der Waals surface area contributed by atoms with E-state index in [-0.39, 0.29) is 11.4 Å². The molecule has 1 aliphatic heterocycles. The lowest BCUT2D eigenvalue weighted by Gasteiger charge is -2.36. The van der Waals surface area contributed by atoms with Crippen LogP contribution in [0.4, 0.5) is 0 Å². The summed E-state index contributed by atoms with van der Waals surface area (Å²) in [7, 11) is 0. The van der Waals surface area contributed by atoms with Crippen molar-refractivity contribution >= 4 is 23.1 Å². The lowest BCUT2D eigenvalue weighted by atomic mass is 9.76. The number of hydrogen-bond donors (Lipinski definition) is 2. The molecule has 4 heteroatoms. The van der Waals surface area contributed by atoms with Crippen molar-refractivity contribution in [1.29, 1.82) is 0 Å². The highest BCUT2D eigenvalue weighted by Gasteiger charge is 2.45. The Morgan fingerprint density at radius 3 is 2.73 bits per heavy atom. The number of halogens is 1. The SMILES string of the molecule is CCNCC1=C(c2cccc(Cl)c2)C(=O)NC12CCCCC2. The van der Waals surface area contributed by atoms with Gasteiger partial charge in [-0.25, -0.2) is 0 Å². The number of rotatable bonds is 4. The Morgan fingerprint density at radius 1 is 1.27 bits per heavy atom. The van der Waals surface area contributed by atoms with Crippen LogP contribution in [0.15, 0.2) is 29.8 Å². The first-order chi connectivity index (χ1) is 10.7. The summed E-state index contributed by atoms with van der Waals surface area (Å²) in [5.41, 5.74) is 2.84. The number of nitrogens with one attached hydrogen (secondary N) is 2. The van der Waals surface area contributed by atoms with E-state index in [0.29, 0.717) is 5.02 Å². The Balaban J connectivity index is 2.07. The molecule has 0 aromatic heterocycles. The molecule has 1 fully saturated rings. The summed E-state index contributed by atoms with van der Waals surface area (Å²) in [4.78, 5) is 12.7. The smallest absolute Gasteiger partial charge is 0.252 e. The normalized spacial score (nSPS) is 20.5. The lowest BCUT2D eigenvalue weighted by molar-refractivity contribution is -0.116. The fourth-order valence-corrected chi connectivity index (χ4v) is 3.96. The largest absolute Gasteiger partial charge is 0.343 e. The van der Waals surface area contributed by atoms with Crippen molar-refractivity contribution in [2.45, 2.75) is 44.6 Å². The van der Waals surface area contributed by atoms with Crippen LogP contribution in [-0.2, 0) is 4.79 Å². The monoisotopic (exact) mass is 318 g/mol. The van der Waals surface area contributed by atoms with Gasteiger partial charge in [0.2, 0.25) is 0 Å². The summed E-state index contributed by atoms with van der Waals surface area (Å²) in [6.07, 6.45) is 5.71. The number of benzene rings is 1. The predicted octanol–water partition coefficient (Wildman–Crippen LogP) is 3.54. The van der Waals surface area contributed by atoms with Crippen LogP contribution in [0.2, 0.25) is 5.02 Å². The first-order valence-electron chi connectivity index (χ1n) is 8.19. The zero-order valence-electron chi connectivity index (χ0n) is 13.0. The van der Waals surface area contributed by atoms with E-state index in [9.17, 15) is 4.79 Å². The Morgan fingerprint density at radius 2 is 2.05 bits per heavy atom. The van der Waals surface area contributed by atoms with Gasteiger partial charge in [-0.2, -0.15) is 0 Å². The van der Waals surface area contributed by atoms with E-state index in [2.05, 4.69) is 17.6 Å². The van der Waals surface area contributed by atoms with Gasteiger partial charge in [-0.3, -0.25) is 4.79 Å². The Labute approximate surface area is 137 Å². The van der Waals surface area contributed by atoms with Crippen molar-refractivity contribution in [3.63, 3.8) is 0 Å². The third-order valence-corrected chi connectivity index (χ3v) is 5.07. The zero-order valence-corrected chi connectivity index (χ0v) is 13.8. The Kier molecular flexibility index (Phi) is 4.55. The maximum Gasteiger partial charge on any atom is 0.252 e. The van der Waals surface area contributed by atoms with Gasteiger partial charge in [0.1, 0.15) is 0 Å². The average molecular weight is 319 g/mol. The second kappa shape index (κ2) is 6.43. The summed E-state index contributed by atoms with van der Waals surface area (Å²) in [5.74, 6) is 0.0528. The molecule has 1 amide bonds. The zero-order chi connectivity index (χ0) is 15.6. The number of carbonyl (C=O) groups is 1. The summed E-state index contributed by atoms with van der Waals surface area (Å²) < 4.78 is 0. The maximum absolute atomic E-state index is 12.7. The van der Waals surface area contributed by atoms with Gasteiger partial charge in [0.15, 0.2) is 0 Å². The van der Waals surface area contributed by atoms with E-state index in [4.69, 9.17) is 11.6 Å². The molecule has 0 atom stereocenters. The lowest BCUT2D eigenvalue weighted by Crippen LogP contribution is -2.47. The van der Waals surface area contributed by atoms with Gasteiger partial charge in [0.25, 0.3) is 5.91 Å². The van der Waals surface area contributed by atoms with Gasteiger partial charge >= 0.3 is 0 Å². The van der Waals surface area contributed by atoms with Crippen LogP contribution < -0.4 is 10.6 Å². The highest BCUT2D eigenvalue weighted by atomic mass is 35.5. The number of carbonyl (C=O) groups excluding carboxylic acids is 1. The van der Waals surface area contributed by atoms with Crippen molar-refractivity contribution in [3.05, 3.63) is 40.4 Å². The molecule has 1 aliphatic carbocycles. The molecule has 1 heterocycles. The van der Waals surface area contributed by atoms with Crippen LogP contribution in [0.5, 0.6) is 0 Å². The van der Waals surface area contributed by atoms with Crippen molar-refractivity contribution in [1.82, 2.24) is 10.6 Å². The molecule has 1 aromatic carbocycles. The fourth-order valence-electron chi connectivity index (χ4n) is 3.77. The minimum atomic E-state index is -0.144. The van der Waals surface area contributed by atoms with Gasteiger partial charge < -0.3 is 10.6 Å². The summed E-state index contributed by atoms with van der Waals surface area (Å²) in [6, 6.07) is 7.63. The van der Waals surface area contributed by atoms with Gasteiger partial charge in [-0.15, -0.1) is 0 Å². The van der Waals surface area contributed by atoms with E-state index >= 15 is 0 Å². The van der Waals surface area contributed by atoms with E-state index in [1.54, 1.807) is 0 Å². The first-order valence-corrected chi connectivity index (χ1v) is 8.57. The van der Waals surface area contributed by atoms with Gasteiger partial charge in [0.05, 0.1) is 5.54 Å². The predicted molar refractivity (Wildman–Crippen MR) is 90.9 cm³/mol. The van der Waals surface area contributed by atoms with Gasteiger partial charge in [-0.1, -0.05) is 49.9 Å².